The average Bonchev–Trinajstić information content (AvgIpc) is 3.41. The van der Waals surface area contributed by atoms with Crippen LogP contribution in [0.15, 0.2) is 42.5 Å². The first kappa shape index (κ1) is 24.5. The van der Waals surface area contributed by atoms with E-state index in [1.54, 1.807) is 49.6 Å². The maximum atomic E-state index is 14.3. The van der Waals surface area contributed by atoms with E-state index in [1.165, 1.54) is 9.80 Å². The lowest BCUT2D eigenvalue weighted by Crippen LogP contribution is -2.54. The van der Waals surface area contributed by atoms with Crippen molar-refractivity contribution in [2.24, 2.45) is 0 Å². The van der Waals surface area contributed by atoms with Crippen molar-refractivity contribution in [2.75, 3.05) is 20.2 Å². The zero-order valence-corrected chi connectivity index (χ0v) is 20.1. The van der Waals surface area contributed by atoms with E-state index in [9.17, 15) is 23.6 Å². The Kier molecular flexibility index (Phi) is 6.45. The van der Waals surface area contributed by atoms with Gasteiger partial charge in [0.05, 0.1) is 26.7 Å². The third-order valence-electron chi connectivity index (χ3n) is 7.02. The Bertz CT molecular complexity index is 1250. The van der Waals surface area contributed by atoms with Gasteiger partial charge in [0, 0.05) is 18.5 Å². The largest absolute Gasteiger partial charge is 0.497 e. The molecule has 0 aromatic heterocycles. The molecule has 2 saturated heterocycles. The van der Waals surface area contributed by atoms with Gasteiger partial charge in [-0.2, -0.15) is 0 Å². The van der Waals surface area contributed by atoms with E-state index in [0.717, 1.165) is 10.5 Å². The average molecular weight is 512 g/mol. The van der Waals surface area contributed by atoms with Crippen LogP contribution in [-0.2, 0) is 22.7 Å². The lowest BCUT2D eigenvalue weighted by Gasteiger charge is -2.35. The highest BCUT2D eigenvalue weighted by atomic mass is 19.1. The second-order valence-electron chi connectivity index (χ2n) is 9.33. The Labute approximate surface area is 212 Å². The quantitative estimate of drug-likeness (QED) is 0.592. The number of fused-ring (bicyclic) bond motifs is 1. The second kappa shape index (κ2) is 9.72. The Morgan fingerprint density at radius 2 is 1.81 bits per heavy atom. The molecule has 4 amide bonds. The third kappa shape index (κ3) is 4.68. The molecule has 1 unspecified atom stereocenters. The van der Waals surface area contributed by atoms with Gasteiger partial charge < -0.3 is 24.4 Å². The summed E-state index contributed by atoms with van der Waals surface area (Å²) in [6.07, 6.45) is -3.24. The molecule has 3 heterocycles. The molecule has 3 aliphatic heterocycles. The smallest absolute Gasteiger partial charge is 0.407 e. The first-order chi connectivity index (χ1) is 17.7. The van der Waals surface area contributed by atoms with Crippen LogP contribution in [0.3, 0.4) is 0 Å². The van der Waals surface area contributed by atoms with Gasteiger partial charge in [-0.3, -0.25) is 19.3 Å². The fourth-order valence-corrected chi connectivity index (χ4v) is 5.01. The van der Waals surface area contributed by atoms with Gasteiger partial charge in [0.1, 0.15) is 23.6 Å². The van der Waals surface area contributed by atoms with Crippen molar-refractivity contribution in [3.8, 4) is 11.5 Å². The Morgan fingerprint density at radius 3 is 2.49 bits per heavy atom. The number of hydrogen-bond acceptors (Lipinski definition) is 6. The first-order valence-electron chi connectivity index (χ1n) is 11.9. The molecule has 194 valence electrons. The van der Waals surface area contributed by atoms with Crippen LogP contribution in [-0.4, -0.2) is 82.1 Å². The molecule has 0 radical (unpaired) electrons. The summed E-state index contributed by atoms with van der Waals surface area (Å²) in [6.45, 7) is -0.0956. The van der Waals surface area contributed by atoms with Crippen LogP contribution < -0.4 is 9.47 Å². The van der Waals surface area contributed by atoms with Gasteiger partial charge in [0.2, 0.25) is 5.91 Å². The van der Waals surface area contributed by atoms with Crippen molar-refractivity contribution in [3.63, 3.8) is 0 Å². The van der Waals surface area contributed by atoms with Gasteiger partial charge in [0.15, 0.2) is 6.17 Å². The van der Waals surface area contributed by atoms with E-state index < -0.39 is 30.3 Å². The standard InChI is InChI=1S/C26H26FN3O7/c1-36-17-4-2-15(3-5-17)11-30-23(31)9-8-21(25(30)33)29-12-16-10-18(6-7-19(16)24(29)32)37-22-14-28(26(34)35)13-20(22)27/h2-7,10,20-22H,8-9,11-14H2,1H3,(H,34,35)/t20-,21?,22-/m1/s1. The van der Waals surface area contributed by atoms with E-state index >= 15 is 0 Å². The summed E-state index contributed by atoms with van der Waals surface area (Å²) in [7, 11) is 1.55. The number of nitrogens with zero attached hydrogens (tertiary/aromatic N) is 3. The number of ether oxygens (including phenoxy) is 2. The third-order valence-corrected chi connectivity index (χ3v) is 7.02. The lowest BCUT2D eigenvalue weighted by molar-refractivity contribution is -0.153. The molecule has 0 spiro atoms. The second-order valence-corrected chi connectivity index (χ2v) is 9.33. The number of carbonyl (C=O) groups is 4. The SMILES string of the molecule is COc1ccc(CN2C(=O)CCC(N3Cc4cc(O[C@@H]5CN(C(=O)O)C[C@H]5F)ccc4C3=O)C2=O)cc1. The molecule has 11 heteroatoms. The monoisotopic (exact) mass is 511 g/mol. The van der Waals surface area contributed by atoms with Crippen molar-refractivity contribution in [1.29, 1.82) is 0 Å². The maximum absolute atomic E-state index is 14.3. The van der Waals surface area contributed by atoms with Crippen molar-refractivity contribution >= 4 is 23.8 Å². The predicted molar refractivity (Wildman–Crippen MR) is 127 cm³/mol. The minimum absolute atomic E-state index is 0.0900. The van der Waals surface area contributed by atoms with Crippen molar-refractivity contribution in [2.45, 2.75) is 44.2 Å². The zero-order valence-electron chi connectivity index (χ0n) is 20.1. The number of benzene rings is 2. The molecule has 2 fully saturated rings. The number of rotatable bonds is 6. The highest BCUT2D eigenvalue weighted by Gasteiger charge is 2.43. The minimum Gasteiger partial charge on any atom is -0.497 e. The van der Waals surface area contributed by atoms with Gasteiger partial charge in [0.25, 0.3) is 11.8 Å². The van der Waals surface area contributed by atoms with Gasteiger partial charge in [-0.15, -0.1) is 0 Å². The van der Waals surface area contributed by atoms with Crippen molar-refractivity contribution in [3.05, 3.63) is 59.2 Å². The first-order valence-corrected chi connectivity index (χ1v) is 11.9. The van der Waals surface area contributed by atoms with Crippen LogP contribution in [0.4, 0.5) is 9.18 Å². The summed E-state index contributed by atoms with van der Waals surface area (Å²) in [4.78, 5) is 53.8. The summed E-state index contributed by atoms with van der Waals surface area (Å²) in [5.41, 5.74) is 1.80. The van der Waals surface area contributed by atoms with Crippen molar-refractivity contribution in [1.82, 2.24) is 14.7 Å². The van der Waals surface area contributed by atoms with Gasteiger partial charge >= 0.3 is 6.09 Å². The molecule has 1 N–H and O–H groups in total. The molecule has 0 saturated carbocycles. The highest BCUT2D eigenvalue weighted by molar-refractivity contribution is 6.05. The fourth-order valence-electron chi connectivity index (χ4n) is 5.01. The van der Waals surface area contributed by atoms with Gasteiger partial charge in [-0.05, 0) is 47.9 Å². The molecule has 37 heavy (non-hydrogen) atoms. The van der Waals surface area contributed by atoms with E-state index in [1.807, 2.05) is 0 Å². The summed E-state index contributed by atoms with van der Waals surface area (Å²) >= 11 is 0. The molecule has 0 bridgehead atoms. The molecular formula is C26H26FN3O7. The number of hydrogen-bond donors (Lipinski definition) is 1. The van der Waals surface area contributed by atoms with E-state index in [4.69, 9.17) is 14.6 Å². The van der Waals surface area contributed by atoms with Gasteiger partial charge in [-0.25, -0.2) is 9.18 Å². The topological polar surface area (TPSA) is 117 Å². The zero-order chi connectivity index (χ0) is 26.3. The normalized spacial score (nSPS) is 23.5. The number of imide groups is 1. The maximum Gasteiger partial charge on any atom is 0.407 e. The molecular weight excluding hydrogens is 485 g/mol. The summed E-state index contributed by atoms with van der Waals surface area (Å²) in [5, 5.41) is 9.09. The number of methoxy groups -OCH3 is 1. The number of alkyl halides is 1. The number of piperidine rings is 1. The fraction of sp³-hybridized carbons (Fsp3) is 0.385. The van der Waals surface area contributed by atoms with E-state index in [0.29, 0.717) is 22.6 Å². The Morgan fingerprint density at radius 1 is 1.08 bits per heavy atom. The molecule has 2 aromatic carbocycles. The Balaban J connectivity index is 1.28. The predicted octanol–water partition coefficient (Wildman–Crippen LogP) is 2.45. The van der Waals surface area contributed by atoms with Crippen LogP contribution in [0.2, 0.25) is 0 Å². The lowest BCUT2D eigenvalue weighted by atomic mass is 10.0. The number of amides is 4. The summed E-state index contributed by atoms with van der Waals surface area (Å²) in [6, 6.07) is 11.0. The molecule has 3 aliphatic rings. The molecule has 3 atom stereocenters. The summed E-state index contributed by atoms with van der Waals surface area (Å²) < 4.78 is 25.1. The molecule has 0 aliphatic carbocycles. The number of halogens is 1. The molecule has 2 aromatic rings. The number of likely N-dealkylation sites (tertiary alicyclic amines) is 2. The van der Waals surface area contributed by atoms with E-state index in [-0.39, 0.29) is 50.8 Å². The molecule has 5 rings (SSSR count). The van der Waals surface area contributed by atoms with Crippen LogP contribution in [0.25, 0.3) is 0 Å². The minimum atomic E-state index is -1.46. The van der Waals surface area contributed by atoms with Crippen LogP contribution in [0, 0.1) is 0 Å². The van der Waals surface area contributed by atoms with E-state index in [2.05, 4.69) is 0 Å². The van der Waals surface area contributed by atoms with Crippen LogP contribution in [0.5, 0.6) is 11.5 Å². The van der Waals surface area contributed by atoms with Crippen molar-refractivity contribution < 1.29 is 38.1 Å². The highest BCUT2D eigenvalue weighted by Crippen LogP contribution is 2.32. The Hall–Kier alpha value is -4.15. The van der Waals surface area contributed by atoms with Crippen LogP contribution in [0.1, 0.15) is 34.3 Å². The number of carboxylic acid groups (broad SMARTS) is 1. The summed E-state index contributed by atoms with van der Waals surface area (Å²) in [5.74, 6) is -0.0512. The molecule has 10 nitrogen and oxygen atoms in total. The number of carbonyl (C=O) groups excluding carboxylic acids is 3. The van der Waals surface area contributed by atoms with Crippen LogP contribution >= 0.6 is 0 Å². The van der Waals surface area contributed by atoms with Gasteiger partial charge in [-0.1, -0.05) is 12.1 Å².